The van der Waals surface area contributed by atoms with Crippen LogP contribution >= 0.6 is 0 Å². The van der Waals surface area contributed by atoms with Gasteiger partial charge in [0.25, 0.3) is 0 Å². The first-order chi connectivity index (χ1) is 41.0. The Kier molecular flexibility index (Phi) is 67.2. The Morgan fingerprint density at radius 3 is 0.783 bits per heavy atom. The Morgan fingerprint density at radius 2 is 0.482 bits per heavy atom. The summed E-state index contributed by atoms with van der Waals surface area (Å²) in [5.41, 5.74) is 0. The van der Waals surface area contributed by atoms with E-state index in [0.717, 1.165) is 116 Å². The van der Waals surface area contributed by atoms with Crippen LogP contribution in [0.4, 0.5) is 0 Å². The SMILES string of the molecule is CC/C=C\C/C=C\C/C=C\C/C=C\C/C=C\CCCCCCCCCCCC(=O)OC(COC(=O)CCCCCCC/C=C\CCCC)COC(=O)CCCCCCCCCCCCCCCC/C=C\C/C=C\C/C=C\CCCCCCC. The standard InChI is InChI=1S/C77H132O6/c1-4-7-10-13-16-19-22-24-26-28-30-32-34-36-37-38-39-41-42-44-46-48-50-52-55-58-61-64-67-70-76(79)82-73-74(72-81-75(78)69-66-63-60-57-54-21-18-15-12-9-6-3)83-77(80)71-68-65-62-59-56-53-51-49-47-45-43-40-35-33-31-29-27-25-23-20-17-14-11-8-5-2/h8,11,15,17-18,20,22,24-25,27-28,30-31,33-34,36,40,43,74H,4-7,9-10,12-14,16,19,21,23,26,29,32,35,37-39,41-42,44-73H2,1-3H3/b11-8-,18-15-,20-17-,24-22-,27-25-,30-28-,33-31-,36-34-,43-40-. The summed E-state index contributed by atoms with van der Waals surface area (Å²) < 4.78 is 16.9. The summed E-state index contributed by atoms with van der Waals surface area (Å²) in [5, 5.41) is 0. The fourth-order valence-corrected chi connectivity index (χ4v) is 9.93. The van der Waals surface area contributed by atoms with E-state index in [1.165, 1.54) is 186 Å². The molecule has 0 aromatic heterocycles. The van der Waals surface area contributed by atoms with E-state index in [1.54, 1.807) is 0 Å². The lowest BCUT2D eigenvalue weighted by molar-refractivity contribution is -0.167. The first-order valence-electron chi connectivity index (χ1n) is 35.4. The molecule has 0 heterocycles. The summed E-state index contributed by atoms with van der Waals surface area (Å²) in [5.74, 6) is -0.888. The van der Waals surface area contributed by atoms with Crippen LogP contribution < -0.4 is 0 Å². The summed E-state index contributed by atoms with van der Waals surface area (Å²) in [6, 6.07) is 0. The molecule has 0 aliphatic heterocycles. The molecule has 6 heteroatoms. The molecule has 83 heavy (non-hydrogen) atoms. The van der Waals surface area contributed by atoms with Crippen molar-refractivity contribution in [1.29, 1.82) is 0 Å². The predicted octanol–water partition coefficient (Wildman–Crippen LogP) is 24.6. The molecule has 0 saturated carbocycles. The van der Waals surface area contributed by atoms with E-state index in [9.17, 15) is 14.4 Å². The van der Waals surface area contributed by atoms with E-state index in [1.807, 2.05) is 0 Å². The molecule has 0 amide bonds. The molecular formula is C77H132O6. The number of hydrogen-bond donors (Lipinski definition) is 0. The quantitative estimate of drug-likeness (QED) is 0.0261. The third kappa shape index (κ3) is 68.7. The van der Waals surface area contributed by atoms with Gasteiger partial charge in [-0.2, -0.15) is 0 Å². The van der Waals surface area contributed by atoms with E-state index < -0.39 is 6.10 Å². The van der Waals surface area contributed by atoms with Gasteiger partial charge in [0, 0.05) is 19.3 Å². The zero-order chi connectivity index (χ0) is 59.9. The van der Waals surface area contributed by atoms with Gasteiger partial charge in [0.05, 0.1) is 0 Å². The van der Waals surface area contributed by atoms with Crippen LogP contribution in [0.25, 0.3) is 0 Å². The van der Waals surface area contributed by atoms with Gasteiger partial charge in [-0.05, 0) is 122 Å². The van der Waals surface area contributed by atoms with Gasteiger partial charge < -0.3 is 14.2 Å². The maximum atomic E-state index is 12.9. The molecule has 0 aromatic carbocycles. The minimum Gasteiger partial charge on any atom is -0.462 e. The molecule has 1 unspecified atom stereocenters. The first-order valence-corrected chi connectivity index (χ1v) is 35.4. The molecular weight excluding hydrogens is 1020 g/mol. The highest BCUT2D eigenvalue weighted by Crippen LogP contribution is 2.17. The van der Waals surface area contributed by atoms with Crippen molar-refractivity contribution in [1.82, 2.24) is 0 Å². The monoisotopic (exact) mass is 1150 g/mol. The van der Waals surface area contributed by atoms with Crippen LogP contribution in [-0.4, -0.2) is 37.2 Å². The van der Waals surface area contributed by atoms with E-state index in [0.29, 0.717) is 19.3 Å². The second-order valence-electron chi connectivity index (χ2n) is 23.4. The highest BCUT2D eigenvalue weighted by atomic mass is 16.6. The van der Waals surface area contributed by atoms with Crippen LogP contribution in [0.1, 0.15) is 342 Å². The minimum atomic E-state index is -0.787. The van der Waals surface area contributed by atoms with Gasteiger partial charge in [-0.3, -0.25) is 14.4 Å². The van der Waals surface area contributed by atoms with Crippen molar-refractivity contribution in [2.24, 2.45) is 0 Å². The highest BCUT2D eigenvalue weighted by molar-refractivity contribution is 5.71. The van der Waals surface area contributed by atoms with Crippen LogP contribution in [0.3, 0.4) is 0 Å². The van der Waals surface area contributed by atoms with Crippen LogP contribution in [-0.2, 0) is 28.6 Å². The third-order valence-corrected chi connectivity index (χ3v) is 15.2. The van der Waals surface area contributed by atoms with Gasteiger partial charge in [-0.1, -0.05) is 310 Å². The molecule has 0 spiro atoms. The van der Waals surface area contributed by atoms with E-state index >= 15 is 0 Å². The second-order valence-corrected chi connectivity index (χ2v) is 23.4. The average Bonchev–Trinajstić information content (AvgIpc) is 3.48. The fourth-order valence-electron chi connectivity index (χ4n) is 9.93. The summed E-state index contributed by atoms with van der Waals surface area (Å²) in [6.07, 6.45) is 96.9. The molecule has 1 atom stereocenters. The summed E-state index contributed by atoms with van der Waals surface area (Å²) in [7, 11) is 0. The molecule has 6 nitrogen and oxygen atoms in total. The summed E-state index contributed by atoms with van der Waals surface area (Å²) >= 11 is 0. The number of esters is 3. The second kappa shape index (κ2) is 70.6. The lowest BCUT2D eigenvalue weighted by atomic mass is 10.0. The number of allylic oxidation sites excluding steroid dienone is 18. The Morgan fingerprint density at radius 1 is 0.253 bits per heavy atom. The molecule has 0 radical (unpaired) electrons. The van der Waals surface area contributed by atoms with Crippen molar-refractivity contribution in [3.63, 3.8) is 0 Å². The van der Waals surface area contributed by atoms with Gasteiger partial charge in [-0.15, -0.1) is 0 Å². The van der Waals surface area contributed by atoms with Gasteiger partial charge in [-0.25, -0.2) is 0 Å². The smallest absolute Gasteiger partial charge is 0.306 e. The molecule has 0 saturated heterocycles. The fraction of sp³-hybridized carbons (Fsp3) is 0.727. The molecule has 0 aliphatic carbocycles. The number of unbranched alkanes of at least 4 members (excludes halogenated alkanes) is 35. The van der Waals surface area contributed by atoms with Crippen molar-refractivity contribution in [3.8, 4) is 0 Å². The van der Waals surface area contributed by atoms with E-state index in [-0.39, 0.29) is 31.1 Å². The van der Waals surface area contributed by atoms with Gasteiger partial charge >= 0.3 is 17.9 Å². The highest BCUT2D eigenvalue weighted by Gasteiger charge is 2.19. The maximum Gasteiger partial charge on any atom is 0.306 e. The largest absolute Gasteiger partial charge is 0.462 e. The molecule has 0 aliphatic rings. The number of rotatable bonds is 64. The Balaban J connectivity index is 4.23. The van der Waals surface area contributed by atoms with Crippen molar-refractivity contribution in [3.05, 3.63) is 109 Å². The Bertz CT molecular complexity index is 1660. The lowest BCUT2D eigenvalue weighted by Crippen LogP contribution is -2.30. The van der Waals surface area contributed by atoms with Crippen molar-refractivity contribution in [2.45, 2.75) is 348 Å². The zero-order valence-corrected chi connectivity index (χ0v) is 54.7. The topological polar surface area (TPSA) is 78.9 Å². The first kappa shape index (κ1) is 79.1. The van der Waals surface area contributed by atoms with Crippen LogP contribution in [0, 0.1) is 0 Å². The third-order valence-electron chi connectivity index (χ3n) is 15.2. The Hall–Kier alpha value is -3.93. The van der Waals surface area contributed by atoms with E-state index in [4.69, 9.17) is 14.2 Å². The molecule has 0 fully saturated rings. The Labute approximate surface area is 514 Å². The van der Waals surface area contributed by atoms with Crippen LogP contribution in [0.15, 0.2) is 109 Å². The number of ether oxygens (including phenoxy) is 3. The summed E-state index contributed by atoms with van der Waals surface area (Å²) in [4.78, 5) is 38.4. The van der Waals surface area contributed by atoms with Crippen molar-refractivity contribution in [2.75, 3.05) is 13.2 Å². The van der Waals surface area contributed by atoms with Gasteiger partial charge in [0.2, 0.25) is 0 Å². The van der Waals surface area contributed by atoms with Crippen molar-refractivity contribution < 1.29 is 28.6 Å². The molecule has 0 bridgehead atoms. The minimum absolute atomic E-state index is 0.0824. The number of carbonyl (C=O) groups excluding carboxylic acids is 3. The maximum absolute atomic E-state index is 12.9. The average molecular weight is 1150 g/mol. The number of hydrogen-bond acceptors (Lipinski definition) is 6. The van der Waals surface area contributed by atoms with Gasteiger partial charge in [0.15, 0.2) is 6.10 Å². The van der Waals surface area contributed by atoms with E-state index in [2.05, 4.69) is 130 Å². The van der Waals surface area contributed by atoms with Crippen molar-refractivity contribution >= 4 is 17.9 Å². The number of carbonyl (C=O) groups is 3. The predicted molar refractivity (Wildman–Crippen MR) is 362 cm³/mol. The molecule has 0 N–H and O–H groups in total. The van der Waals surface area contributed by atoms with Crippen LogP contribution in [0.5, 0.6) is 0 Å². The van der Waals surface area contributed by atoms with Gasteiger partial charge in [0.1, 0.15) is 13.2 Å². The van der Waals surface area contributed by atoms with Crippen LogP contribution in [0.2, 0.25) is 0 Å². The summed E-state index contributed by atoms with van der Waals surface area (Å²) in [6.45, 7) is 6.49. The zero-order valence-electron chi connectivity index (χ0n) is 54.7. The molecule has 0 aromatic rings. The lowest BCUT2D eigenvalue weighted by Gasteiger charge is -2.18. The molecule has 0 rings (SSSR count). The molecule has 476 valence electrons. The normalized spacial score (nSPS) is 12.8.